The first-order valence-corrected chi connectivity index (χ1v) is 31.1. The number of rotatable bonds is 33. The summed E-state index contributed by atoms with van der Waals surface area (Å²) < 4.78 is 31.0. The molecule has 8 rings (SSSR count). The first kappa shape index (κ1) is 71.7. The van der Waals surface area contributed by atoms with Gasteiger partial charge in [-0.25, -0.2) is 18.7 Å². The zero-order valence-electron chi connectivity index (χ0n) is 55.9. The monoisotopic (exact) mass is 1310 g/mol. The van der Waals surface area contributed by atoms with Crippen molar-refractivity contribution >= 4 is 69.5 Å². The maximum atomic E-state index is 13.2. The van der Waals surface area contributed by atoms with Crippen LogP contribution in [0.25, 0.3) is 0 Å². The molecule has 0 spiro atoms. The number of anilines is 4. The highest BCUT2D eigenvalue weighted by Gasteiger charge is 2.34. The van der Waals surface area contributed by atoms with Gasteiger partial charge in [0.25, 0.3) is 0 Å². The third-order valence-electron chi connectivity index (χ3n) is 14.5. The molecule has 4 aromatic carbocycles. The number of nitrogens with one attached hydrogen (secondary N) is 4. The van der Waals surface area contributed by atoms with Gasteiger partial charge in [-0.1, -0.05) is 97.0 Å². The molecule has 28 nitrogen and oxygen atoms in total. The lowest BCUT2D eigenvalue weighted by Gasteiger charge is -2.32. The maximum Gasteiger partial charge on any atom is 0.246 e. The molecule has 0 fully saturated rings. The number of nitrogens with zero attached hydrogens (tertiary/aromatic N) is 12. The summed E-state index contributed by atoms with van der Waals surface area (Å²) in [6.07, 6.45) is 6.26. The molecule has 0 saturated carbocycles. The molecular weight excluding hydrogens is 1230 g/mol. The maximum absolute atomic E-state index is 13.2. The molecule has 4 amide bonds. The van der Waals surface area contributed by atoms with Crippen molar-refractivity contribution in [3.8, 4) is 0 Å². The quantitative estimate of drug-likeness (QED) is 0.0281. The number of aromatic nitrogens is 12. The van der Waals surface area contributed by atoms with Crippen LogP contribution in [0, 0.1) is 27.6 Å². The Hall–Kier alpha value is -10.2. The van der Waals surface area contributed by atoms with Crippen LogP contribution in [-0.2, 0) is 90.7 Å². The van der Waals surface area contributed by atoms with E-state index in [9.17, 15) is 38.4 Å². The van der Waals surface area contributed by atoms with Crippen molar-refractivity contribution in [2.24, 2.45) is 27.6 Å². The Bertz CT molecular complexity index is 3690. The van der Waals surface area contributed by atoms with Crippen molar-refractivity contribution in [3.05, 3.63) is 167 Å². The fourth-order valence-corrected chi connectivity index (χ4v) is 9.52. The minimum Gasteiger partial charge on any atom is -0.374 e. The molecule has 0 aliphatic carbocycles. The second-order valence-electron chi connectivity index (χ2n) is 26.9. The van der Waals surface area contributed by atoms with Crippen LogP contribution in [0.15, 0.2) is 122 Å². The number of benzene rings is 4. The van der Waals surface area contributed by atoms with Crippen molar-refractivity contribution in [3.63, 3.8) is 0 Å². The molecule has 4 heterocycles. The van der Waals surface area contributed by atoms with E-state index < -0.39 is 21.7 Å². The third-order valence-corrected chi connectivity index (χ3v) is 14.5. The normalized spacial score (nSPS) is 12.0. The second-order valence-corrected chi connectivity index (χ2v) is 26.9. The molecule has 0 bridgehead atoms. The van der Waals surface area contributed by atoms with Crippen LogP contribution in [0.2, 0.25) is 0 Å². The summed E-state index contributed by atoms with van der Waals surface area (Å²) in [6, 6.07) is 26.6. The van der Waals surface area contributed by atoms with Gasteiger partial charge < -0.3 is 40.2 Å². The largest absolute Gasteiger partial charge is 0.374 e. The molecule has 4 N–H and O–H groups in total. The molecule has 0 saturated heterocycles. The summed E-state index contributed by atoms with van der Waals surface area (Å²) in [4.78, 5) is 103. The number of ketones is 4. The van der Waals surface area contributed by atoms with Crippen molar-refractivity contribution in [1.82, 2.24) is 60.0 Å². The predicted octanol–water partition coefficient (Wildman–Crippen LogP) is 8.29. The molecule has 0 aliphatic rings. The SMILES string of the molecule is CC(C)C(=O)c1ccc(NC(=O)Cn2cc(COCC(COCc3cn(CC(=O)Nc4ccc(C(=O)C(C)(C)C)cc4)nn3)(COCc3cn(CC(=O)Nc4ccc(C(=O)C(C)(C)C)cc4)nn3)COCc3cn(CC(=O)Nc4ccc(C(=O)C(C)(C)C)cc4)nn3)nn2)cc1. The van der Waals surface area contributed by atoms with Crippen molar-refractivity contribution < 1.29 is 57.3 Å². The number of carbonyl (C=O) groups is 8. The predicted molar refractivity (Wildman–Crippen MR) is 352 cm³/mol. The zero-order chi connectivity index (χ0) is 69.4. The van der Waals surface area contributed by atoms with Gasteiger partial charge in [0.1, 0.15) is 49.0 Å². The summed E-state index contributed by atoms with van der Waals surface area (Å²) in [5, 5.41) is 44.8. The van der Waals surface area contributed by atoms with E-state index in [-0.39, 0.29) is 132 Å². The topological polar surface area (TPSA) is 344 Å². The van der Waals surface area contributed by atoms with E-state index in [1.54, 1.807) is 122 Å². The van der Waals surface area contributed by atoms with Crippen LogP contribution < -0.4 is 21.3 Å². The second kappa shape index (κ2) is 31.8. The lowest BCUT2D eigenvalue weighted by Crippen LogP contribution is -2.41. The first-order chi connectivity index (χ1) is 45.4. The Morgan fingerprint density at radius 3 is 0.781 bits per heavy atom. The Labute approximate surface area is 555 Å². The average molecular weight is 1320 g/mol. The Kier molecular flexibility index (Phi) is 23.8. The standard InChI is InChI=1S/C68H82N16O12/c1-44(2)61(89)45-12-20-49(21-13-45)69-57(85)32-81-28-53(73-77-81)36-93-40-68(41-94-37-54-29-82(78-74-54)33-58(86)70-50-22-14-46(15-23-50)62(90)65(3,4)5,42-95-38-55-30-83(79-75-55)34-59(87)71-51-24-16-47(17-25-51)63(91)66(6,7)8)43-96-39-56-31-84(80-76-56)35-60(88)72-52-26-18-48(19-27-52)64(92)67(9,10)11/h12-31,44H,32-43H2,1-11H3,(H,69,85)(H,70,86)(H,71,87)(H,72,88). The van der Waals surface area contributed by atoms with Gasteiger partial charge in [0.05, 0.1) is 83.1 Å². The lowest BCUT2D eigenvalue weighted by atomic mass is 9.86. The molecule has 4 aromatic heterocycles. The number of hydrogen-bond donors (Lipinski definition) is 4. The van der Waals surface area contributed by atoms with Crippen LogP contribution in [0.5, 0.6) is 0 Å². The van der Waals surface area contributed by atoms with Gasteiger partial charge in [-0.15, -0.1) is 20.4 Å². The Morgan fingerprint density at radius 1 is 0.354 bits per heavy atom. The molecule has 96 heavy (non-hydrogen) atoms. The van der Waals surface area contributed by atoms with E-state index in [0.29, 0.717) is 67.8 Å². The number of hydrogen-bond acceptors (Lipinski definition) is 20. The van der Waals surface area contributed by atoms with Gasteiger partial charge >= 0.3 is 0 Å². The highest BCUT2D eigenvalue weighted by molar-refractivity contribution is 6.02. The molecule has 28 heteroatoms. The first-order valence-electron chi connectivity index (χ1n) is 31.1. The summed E-state index contributed by atoms with van der Waals surface area (Å²) >= 11 is 0. The Morgan fingerprint density at radius 2 is 0.573 bits per heavy atom. The van der Waals surface area contributed by atoms with Gasteiger partial charge in [0.15, 0.2) is 23.1 Å². The highest BCUT2D eigenvalue weighted by Crippen LogP contribution is 2.27. The summed E-state index contributed by atoms with van der Waals surface area (Å²) in [6.45, 7) is 18.7. The van der Waals surface area contributed by atoms with Crippen LogP contribution in [0.3, 0.4) is 0 Å². The van der Waals surface area contributed by atoms with Crippen molar-refractivity contribution in [2.45, 2.75) is 129 Å². The van der Waals surface area contributed by atoms with Gasteiger partial charge in [-0.2, -0.15) is 0 Å². The van der Waals surface area contributed by atoms with Crippen LogP contribution >= 0.6 is 0 Å². The molecule has 506 valence electrons. The van der Waals surface area contributed by atoms with E-state index in [0.717, 1.165) is 0 Å². The lowest BCUT2D eigenvalue weighted by molar-refractivity contribution is -0.118. The molecule has 0 atom stereocenters. The van der Waals surface area contributed by atoms with Crippen LogP contribution in [0.1, 0.15) is 140 Å². The molecule has 0 aliphatic heterocycles. The Balaban J connectivity index is 0.959. The van der Waals surface area contributed by atoms with Crippen molar-refractivity contribution in [1.29, 1.82) is 0 Å². The molecule has 8 aromatic rings. The fourth-order valence-electron chi connectivity index (χ4n) is 9.52. The summed E-state index contributed by atoms with van der Waals surface area (Å²) in [7, 11) is 0. The fraction of sp³-hybridized carbons (Fsp3) is 0.412. The smallest absolute Gasteiger partial charge is 0.246 e. The summed E-state index contributed by atoms with van der Waals surface area (Å²) in [5.74, 6) is -1.83. The van der Waals surface area contributed by atoms with Gasteiger partial charge in [-0.3, -0.25) is 38.4 Å². The number of amides is 4. The van der Waals surface area contributed by atoms with E-state index in [4.69, 9.17) is 18.9 Å². The van der Waals surface area contributed by atoms with Gasteiger partial charge in [-0.05, 0) is 97.1 Å². The number of ether oxygens (including phenoxy) is 4. The minimum atomic E-state index is -1.15. The average Bonchev–Trinajstić information content (AvgIpc) is 1.37. The molecular formula is C68H82N16O12. The molecule has 0 unspecified atom stereocenters. The van der Waals surface area contributed by atoms with Crippen LogP contribution in [-0.4, -0.2) is 133 Å². The van der Waals surface area contributed by atoms with E-state index in [2.05, 4.69) is 62.5 Å². The van der Waals surface area contributed by atoms with Gasteiger partial charge in [0.2, 0.25) is 23.6 Å². The van der Waals surface area contributed by atoms with Crippen molar-refractivity contribution in [2.75, 3.05) is 47.7 Å². The van der Waals surface area contributed by atoms with E-state index >= 15 is 0 Å². The van der Waals surface area contributed by atoms with E-state index in [1.165, 1.54) is 18.7 Å². The summed E-state index contributed by atoms with van der Waals surface area (Å²) in [5.41, 5.74) is 2.76. The highest BCUT2D eigenvalue weighted by atomic mass is 16.5. The van der Waals surface area contributed by atoms with E-state index in [1.807, 2.05) is 76.2 Å². The van der Waals surface area contributed by atoms with Gasteiger partial charge in [0, 0.05) is 67.2 Å². The number of Topliss-reactive ketones (excluding diaryl/α,β-unsaturated/α-hetero) is 4. The number of carbonyl (C=O) groups excluding carboxylic acids is 8. The third kappa shape index (κ3) is 21.4. The molecule has 0 radical (unpaired) electrons. The minimum absolute atomic E-state index is 0.0115. The zero-order valence-corrected chi connectivity index (χ0v) is 55.9. The van der Waals surface area contributed by atoms with Crippen LogP contribution in [0.4, 0.5) is 22.7 Å².